The van der Waals surface area contributed by atoms with E-state index in [0.717, 1.165) is 20.3 Å². The molecule has 0 spiro atoms. The fraction of sp³-hybridized carbons (Fsp3) is 0.455. The van der Waals surface area contributed by atoms with Crippen LogP contribution in [0.15, 0.2) is 18.2 Å². The smallest absolute Gasteiger partial charge is 0.124 e. The van der Waals surface area contributed by atoms with E-state index in [1.807, 2.05) is 17.8 Å². The van der Waals surface area contributed by atoms with Crippen LogP contribution in [-0.2, 0) is 0 Å². The zero-order valence-electron chi connectivity index (χ0n) is 8.47. The van der Waals surface area contributed by atoms with Crippen LogP contribution in [0.4, 0.5) is 10.1 Å². The molecule has 2 rings (SSSR count). The second kappa shape index (κ2) is 4.91. The van der Waals surface area contributed by atoms with Crippen LogP contribution in [0.25, 0.3) is 0 Å². The molecule has 1 N–H and O–H groups in total. The molecule has 1 saturated heterocycles. The summed E-state index contributed by atoms with van der Waals surface area (Å²) < 4.78 is 13.8. The molecular formula is C11H13FINS. The third kappa shape index (κ3) is 3.00. The Morgan fingerprint density at radius 2 is 2.33 bits per heavy atom. The van der Waals surface area contributed by atoms with Crippen LogP contribution in [0, 0.1) is 9.39 Å². The summed E-state index contributed by atoms with van der Waals surface area (Å²) in [4.78, 5) is 0. The molecular weight excluding hydrogens is 324 g/mol. The molecule has 2 atom stereocenters. The van der Waals surface area contributed by atoms with E-state index in [1.165, 1.54) is 12.5 Å². The molecule has 1 aromatic carbocycles. The maximum atomic E-state index is 12.9. The zero-order valence-corrected chi connectivity index (χ0v) is 11.4. The fourth-order valence-corrected chi connectivity index (χ4v) is 3.53. The summed E-state index contributed by atoms with van der Waals surface area (Å²) in [6.45, 7) is 2.25. The van der Waals surface area contributed by atoms with E-state index in [1.54, 1.807) is 6.07 Å². The summed E-state index contributed by atoms with van der Waals surface area (Å²) in [5.74, 6) is 0.980. The van der Waals surface area contributed by atoms with Gasteiger partial charge in [0.15, 0.2) is 0 Å². The minimum atomic E-state index is -0.167. The quantitative estimate of drug-likeness (QED) is 0.826. The van der Waals surface area contributed by atoms with Gasteiger partial charge < -0.3 is 5.32 Å². The molecule has 1 aromatic rings. The van der Waals surface area contributed by atoms with Crippen molar-refractivity contribution < 1.29 is 4.39 Å². The van der Waals surface area contributed by atoms with Crippen LogP contribution in [0.2, 0.25) is 0 Å². The first-order valence-electron chi connectivity index (χ1n) is 4.98. The average Bonchev–Trinajstić information content (AvgIpc) is 2.56. The average molecular weight is 337 g/mol. The minimum Gasteiger partial charge on any atom is -0.381 e. The van der Waals surface area contributed by atoms with Gasteiger partial charge in [-0.15, -0.1) is 0 Å². The third-order valence-corrected chi connectivity index (χ3v) is 4.74. The van der Waals surface area contributed by atoms with E-state index < -0.39 is 0 Å². The first-order chi connectivity index (χ1) is 7.15. The highest BCUT2D eigenvalue weighted by atomic mass is 127. The van der Waals surface area contributed by atoms with Crippen LogP contribution >= 0.6 is 34.4 Å². The highest BCUT2D eigenvalue weighted by Crippen LogP contribution is 2.29. The Labute approximate surface area is 107 Å². The van der Waals surface area contributed by atoms with Gasteiger partial charge in [-0.1, -0.05) is 6.92 Å². The number of hydrogen-bond acceptors (Lipinski definition) is 2. The molecule has 1 heterocycles. The molecule has 0 radical (unpaired) electrons. The van der Waals surface area contributed by atoms with Gasteiger partial charge in [-0.25, -0.2) is 4.39 Å². The van der Waals surface area contributed by atoms with Gasteiger partial charge in [-0.2, -0.15) is 11.8 Å². The molecule has 1 nitrogen and oxygen atoms in total. The van der Waals surface area contributed by atoms with Crippen LogP contribution in [-0.4, -0.2) is 17.0 Å². The van der Waals surface area contributed by atoms with Gasteiger partial charge in [0.05, 0.1) is 0 Å². The summed E-state index contributed by atoms with van der Waals surface area (Å²) in [5.41, 5.74) is 1.05. The molecule has 1 aliphatic rings. The van der Waals surface area contributed by atoms with Gasteiger partial charge in [0, 0.05) is 26.3 Å². The standard InChI is InChI=1S/C11H13FINS/c1-7-4-9(6-15-7)14-11-3-2-8(12)5-10(11)13/h2-3,5,7,9,14H,4,6H2,1H3. The lowest BCUT2D eigenvalue weighted by molar-refractivity contribution is 0.626. The SMILES string of the molecule is CC1CC(Nc2ccc(F)cc2I)CS1. The third-order valence-electron chi connectivity index (χ3n) is 2.49. The molecule has 0 bridgehead atoms. The van der Waals surface area contributed by atoms with Crippen molar-refractivity contribution in [2.75, 3.05) is 11.1 Å². The lowest BCUT2D eigenvalue weighted by atomic mass is 10.2. The topological polar surface area (TPSA) is 12.0 Å². The zero-order chi connectivity index (χ0) is 10.8. The van der Waals surface area contributed by atoms with E-state index in [4.69, 9.17) is 0 Å². The van der Waals surface area contributed by atoms with E-state index in [2.05, 4.69) is 34.8 Å². The summed E-state index contributed by atoms with van der Waals surface area (Å²) in [6, 6.07) is 5.43. The summed E-state index contributed by atoms with van der Waals surface area (Å²) in [6.07, 6.45) is 1.19. The van der Waals surface area contributed by atoms with Crippen molar-refractivity contribution >= 4 is 40.0 Å². The van der Waals surface area contributed by atoms with Crippen LogP contribution in [0.3, 0.4) is 0 Å². The highest BCUT2D eigenvalue weighted by molar-refractivity contribution is 14.1. The Hall–Kier alpha value is 0.0300. The lowest BCUT2D eigenvalue weighted by Gasteiger charge is -2.14. The number of thioether (sulfide) groups is 1. The van der Waals surface area contributed by atoms with Gasteiger partial charge in [0.2, 0.25) is 0 Å². The molecule has 82 valence electrons. The molecule has 4 heteroatoms. The van der Waals surface area contributed by atoms with Crippen LogP contribution in [0.1, 0.15) is 13.3 Å². The molecule has 0 aromatic heterocycles. The van der Waals surface area contributed by atoms with E-state index in [0.29, 0.717) is 6.04 Å². The van der Waals surface area contributed by atoms with E-state index >= 15 is 0 Å². The van der Waals surface area contributed by atoms with Crippen molar-refractivity contribution in [1.29, 1.82) is 0 Å². The largest absolute Gasteiger partial charge is 0.381 e. The molecule has 2 unspecified atom stereocenters. The predicted octanol–water partition coefficient (Wildman–Crippen LogP) is 3.74. The highest BCUT2D eigenvalue weighted by Gasteiger charge is 2.21. The molecule has 0 amide bonds. The second-order valence-electron chi connectivity index (χ2n) is 3.85. The number of rotatable bonds is 2. The summed E-state index contributed by atoms with van der Waals surface area (Å²) in [7, 11) is 0. The Bertz CT molecular complexity index is 358. The Morgan fingerprint density at radius 3 is 2.93 bits per heavy atom. The fourth-order valence-electron chi connectivity index (χ4n) is 1.74. The van der Waals surface area contributed by atoms with Gasteiger partial charge in [0.25, 0.3) is 0 Å². The maximum absolute atomic E-state index is 12.9. The van der Waals surface area contributed by atoms with E-state index in [9.17, 15) is 4.39 Å². The molecule has 15 heavy (non-hydrogen) atoms. The van der Waals surface area contributed by atoms with Gasteiger partial charge >= 0.3 is 0 Å². The van der Waals surface area contributed by atoms with Gasteiger partial charge in [0.1, 0.15) is 5.82 Å². The normalized spacial score (nSPS) is 25.5. The first-order valence-corrected chi connectivity index (χ1v) is 7.11. The van der Waals surface area contributed by atoms with Crippen molar-refractivity contribution in [3.8, 4) is 0 Å². The Balaban J connectivity index is 2.04. The predicted molar refractivity (Wildman–Crippen MR) is 73.1 cm³/mol. The minimum absolute atomic E-state index is 0.167. The molecule has 1 fully saturated rings. The van der Waals surface area contributed by atoms with Crippen molar-refractivity contribution in [3.63, 3.8) is 0 Å². The number of anilines is 1. The number of hydrogen-bond donors (Lipinski definition) is 1. The first kappa shape index (κ1) is 11.5. The molecule has 1 aliphatic heterocycles. The molecule has 0 aliphatic carbocycles. The monoisotopic (exact) mass is 337 g/mol. The van der Waals surface area contributed by atoms with Crippen molar-refractivity contribution in [2.45, 2.75) is 24.6 Å². The van der Waals surface area contributed by atoms with Crippen molar-refractivity contribution in [2.24, 2.45) is 0 Å². The number of benzene rings is 1. The molecule has 0 saturated carbocycles. The van der Waals surface area contributed by atoms with Crippen molar-refractivity contribution in [1.82, 2.24) is 0 Å². The Morgan fingerprint density at radius 1 is 1.53 bits per heavy atom. The Kier molecular flexibility index (Phi) is 3.77. The number of halogens is 2. The lowest BCUT2D eigenvalue weighted by Crippen LogP contribution is -2.19. The summed E-state index contributed by atoms with van der Waals surface area (Å²) >= 11 is 4.16. The van der Waals surface area contributed by atoms with Crippen LogP contribution < -0.4 is 5.32 Å². The number of nitrogens with one attached hydrogen (secondary N) is 1. The van der Waals surface area contributed by atoms with Crippen LogP contribution in [0.5, 0.6) is 0 Å². The second-order valence-corrected chi connectivity index (χ2v) is 6.48. The maximum Gasteiger partial charge on any atom is 0.124 e. The van der Waals surface area contributed by atoms with Gasteiger partial charge in [-0.05, 0) is 47.2 Å². The van der Waals surface area contributed by atoms with Gasteiger partial charge in [-0.3, -0.25) is 0 Å². The summed E-state index contributed by atoms with van der Waals surface area (Å²) in [5, 5.41) is 4.21. The van der Waals surface area contributed by atoms with Crippen molar-refractivity contribution in [3.05, 3.63) is 27.6 Å². The van der Waals surface area contributed by atoms with E-state index in [-0.39, 0.29) is 5.82 Å².